The number of hydrogen-bond donors (Lipinski definition) is 0. The van der Waals surface area contributed by atoms with Gasteiger partial charge in [-0.05, 0) is 17.5 Å². The number of rotatable bonds is 8. The third kappa shape index (κ3) is 4.32. The predicted octanol–water partition coefficient (Wildman–Crippen LogP) is 4.71. The zero-order valence-corrected chi connectivity index (χ0v) is 17.5. The third-order valence-electron chi connectivity index (χ3n) is 4.56. The Labute approximate surface area is 181 Å². The van der Waals surface area contributed by atoms with E-state index < -0.39 is 5.97 Å². The van der Waals surface area contributed by atoms with Crippen molar-refractivity contribution < 1.29 is 14.3 Å². The van der Waals surface area contributed by atoms with E-state index in [1.165, 1.54) is 11.3 Å². The number of hydrogen-bond acceptors (Lipinski definition) is 7. The van der Waals surface area contributed by atoms with E-state index in [9.17, 15) is 9.59 Å². The van der Waals surface area contributed by atoms with Gasteiger partial charge in [0.15, 0.2) is 6.61 Å². The monoisotopic (exact) mass is 435 g/mol. The molecule has 0 aliphatic heterocycles. The lowest BCUT2D eigenvalue weighted by atomic mass is 10.1. The van der Waals surface area contributed by atoms with Gasteiger partial charge in [0.05, 0.1) is 24.6 Å². The maximum absolute atomic E-state index is 12.7. The van der Waals surface area contributed by atoms with Gasteiger partial charge in [-0.25, -0.2) is 4.98 Å². The van der Waals surface area contributed by atoms with Crippen LogP contribution in [0.1, 0.15) is 22.5 Å². The molecule has 0 unspecified atom stereocenters. The molecule has 0 aliphatic carbocycles. The molecule has 150 valence electrons. The number of benzene rings is 1. The Kier molecular flexibility index (Phi) is 6.02. The molecule has 0 aliphatic rings. The molecule has 0 fully saturated rings. The molecule has 3 aromatic heterocycles. The number of para-hydroxylation sites is 1. The van der Waals surface area contributed by atoms with E-state index in [1.54, 1.807) is 17.5 Å². The van der Waals surface area contributed by atoms with Crippen molar-refractivity contribution >= 4 is 45.3 Å². The SMILES string of the molecule is N#CCCn1cc(C(=O)COC(=O)Cc2csc(-c3ccsc3)n2)c2ccccc21. The van der Waals surface area contributed by atoms with E-state index in [-0.39, 0.29) is 18.8 Å². The van der Waals surface area contributed by atoms with E-state index in [4.69, 9.17) is 10.00 Å². The maximum Gasteiger partial charge on any atom is 0.312 e. The van der Waals surface area contributed by atoms with Crippen LogP contribution in [0.15, 0.2) is 52.7 Å². The lowest BCUT2D eigenvalue weighted by Gasteiger charge is -2.03. The molecule has 1 aromatic carbocycles. The average Bonchev–Trinajstić information content (AvgIpc) is 3.50. The van der Waals surface area contributed by atoms with Crippen LogP contribution in [0.25, 0.3) is 21.5 Å². The molecule has 30 heavy (non-hydrogen) atoms. The van der Waals surface area contributed by atoms with E-state index in [1.807, 2.05) is 51.0 Å². The summed E-state index contributed by atoms with van der Waals surface area (Å²) in [4.78, 5) is 29.4. The molecule has 0 atom stereocenters. The molecule has 4 rings (SSSR count). The number of aryl methyl sites for hydroxylation is 1. The number of thiophene rings is 1. The Morgan fingerprint density at radius 1 is 1.20 bits per heavy atom. The summed E-state index contributed by atoms with van der Waals surface area (Å²) < 4.78 is 7.10. The van der Waals surface area contributed by atoms with Crippen molar-refractivity contribution in [3.63, 3.8) is 0 Å². The van der Waals surface area contributed by atoms with Gasteiger partial charge in [-0.15, -0.1) is 11.3 Å². The van der Waals surface area contributed by atoms with Crippen molar-refractivity contribution in [1.29, 1.82) is 5.26 Å². The molecular weight excluding hydrogens is 418 g/mol. The number of Topliss-reactive ketones (excluding diaryl/α,β-unsaturated/α-hetero) is 1. The van der Waals surface area contributed by atoms with E-state index in [0.29, 0.717) is 24.2 Å². The van der Waals surface area contributed by atoms with Crippen LogP contribution < -0.4 is 0 Å². The first-order valence-electron chi connectivity index (χ1n) is 9.26. The number of aromatic nitrogens is 2. The second-order valence-electron chi connectivity index (χ2n) is 6.58. The van der Waals surface area contributed by atoms with E-state index in [2.05, 4.69) is 11.1 Å². The van der Waals surface area contributed by atoms with Crippen LogP contribution in [0.3, 0.4) is 0 Å². The summed E-state index contributed by atoms with van der Waals surface area (Å²) in [5, 5.41) is 16.3. The van der Waals surface area contributed by atoms with Crippen molar-refractivity contribution in [2.24, 2.45) is 0 Å². The summed E-state index contributed by atoms with van der Waals surface area (Å²) in [5.41, 5.74) is 3.04. The van der Waals surface area contributed by atoms with Gasteiger partial charge >= 0.3 is 5.97 Å². The highest BCUT2D eigenvalue weighted by Gasteiger charge is 2.17. The zero-order chi connectivity index (χ0) is 20.9. The average molecular weight is 436 g/mol. The molecule has 0 radical (unpaired) electrons. The number of carbonyl (C=O) groups is 2. The summed E-state index contributed by atoms with van der Waals surface area (Å²) in [6.45, 7) is 0.174. The summed E-state index contributed by atoms with van der Waals surface area (Å²) in [7, 11) is 0. The van der Waals surface area contributed by atoms with Crippen LogP contribution in [0.2, 0.25) is 0 Å². The smallest absolute Gasteiger partial charge is 0.312 e. The van der Waals surface area contributed by atoms with Crippen LogP contribution in [0.4, 0.5) is 0 Å². The molecule has 8 heteroatoms. The first-order valence-corrected chi connectivity index (χ1v) is 11.1. The van der Waals surface area contributed by atoms with Crippen LogP contribution in [-0.4, -0.2) is 27.9 Å². The van der Waals surface area contributed by atoms with Gasteiger partial charge in [0.25, 0.3) is 0 Å². The number of nitrogens with zero attached hydrogens (tertiary/aromatic N) is 3. The molecular formula is C22H17N3O3S2. The minimum Gasteiger partial charge on any atom is -0.457 e. The lowest BCUT2D eigenvalue weighted by molar-refractivity contribution is -0.141. The Balaban J connectivity index is 1.40. The Morgan fingerprint density at radius 2 is 2.07 bits per heavy atom. The minimum absolute atomic E-state index is 0.0256. The molecule has 6 nitrogen and oxygen atoms in total. The van der Waals surface area contributed by atoms with Crippen molar-refractivity contribution in [1.82, 2.24) is 9.55 Å². The number of ether oxygens (including phenoxy) is 1. The van der Waals surface area contributed by atoms with Gasteiger partial charge in [-0.2, -0.15) is 16.6 Å². The highest BCUT2D eigenvalue weighted by Crippen LogP contribution is 2.26. The van der Waals surface area contributed by atoms with Gasteiger partial charge in [0.2, 0.25) is 5.78 Å². The second-order valence-corrected chi connectivity index (χ2v) is 8.22. The molecule has 0 saturated carbocycles. The summed E-state index contributed by atoms with van der Waals surface area (Å²) >= 11 is 3.07. The normalized spacial score (nSPS) is 10.8. The zero-order valence-electron chi connectivity index (χ0n) is 15.9. The van der Waals surface area contributed by atoms with E-state index >= 15 is 0 Å². The number of carbonyl (C=O) groups excluding carboxylic acids is 2. The molecule has 4 aromatic rings. The molecule has 0 amide bonds. The number of nitriles is 1. The summed E-state index contributed by atoms with van der Waals surface area (Å²) in [6, 6.07) is 11.6. The number of ketones is 1. The molecule has 0 bridgehead atoms. The first kappa shape index (κ1) is 20.0. The van der Waals surface area contributed by atoms with Crippen molar-refractivity contribution in [3.05, 3.63) is 63.9 Å². The molecule has 3 heterocycles. The summed E-state index contributed by atoms with van der Waals surface area (Å²) in [6.07, 6.45) is 2.10. The highest BCUT2D eigenvalue weighted by atomic mass is 32.1. The topological polar surface area (TPSA) is 85.0 Å². The van der Waals surface area contributed by atoms with Crippen LogP contribution in [-0.2, 0) is 22.5 Å². The van der Waals surface area contributed by atoms with Gasteiger partial charge in [-0.1, -0.05) is 18.2 Å². The number of thiazole rings is 1. The van der Waals surface area contributed by atoms with Crippen LogP contribution in [0, 0.1) is 11.3 Å². The molecule has 0 N–H and O–H groups in total. The van der Waals surface area contributed by atoms with Crippen LogP contribution >= 0.6 is 22.7 Å². The largest absolute Gasteiger partial charge is 0.457 e. The van der Waals surface area contributed by atoms with Crippen molar-refractivity contribution in [2.75, 3.05) is 6.61 Å². The van der Waals surface area contributed by atoms with Crippen molar-refractivity contribution in [2.45, 2.75) is 19.4 Å². The van der Waals surface area contributed by atoms with Gasteiger partial charge in [0, 0.05) is 45.5 Å². The van der Waals surface area contributed by atoms with Gasteiger partial charge < -0.3 is 9.30 Å². The standard InChI is InChI=1S/C22H17N3O3S2/c23-7-3-8-25-11-18(17-4-1-2-5-19(17)25)20(26)12-28-21(27)10-16-14-30-22(24-16)15-6-9-29-13-15/h1-2,4-6,9,11,13-14H,3,8,10,12H2. The number of esters is 1. The van der Waals surface area contributed by atoms with Crippen LogP contribution in [0.5, 0.6) is 0 Å². The fourth-order valence-corrected chi connectivity index (χ4v) is 4.69. The molecule has 0 spiro atoms. The Morgan fingerprint density at radius 3 is 2.87 bits per heavy atom. The fourth-order valence-electron chi connectivity index (χ4n) is 3.15. The maximum atomic E-state index is 12.7. The Hall–Kier alpha value is -3.28. The van der Waals surface area contributed by atoms with Crippen molar-refractivity contribution in [3.8, 4) is 16.6 Å². The highest BCUT2D eigenvalue weighted by molar-refractivity contribution is 7.14. The first-order chi connectivity index (χ1) is 14.7. The predicted molar refractivity (Wildman–Crippen MR) is 117 cm³/mol. The minimum atomic E-state index is -0.487. The third-order valence-corrected chi connectivity index (χ3v) is 6.19. The Bertz CT molecular complexity index is 1230. The second kappa shape index (κ2) is 9.03. The fraction of sp³-hybridized carbons (Fsp3) is 0.182. The lowest BCUT2D eigenvalue weighted by Crippen LogP contribution is -2.15. The quantitative estimate of drug-likeness (QED) is 0.296. The van der Waals surface area contributed by atoms with E-state index in [0.717, 1.165) is 21.5 Å². The number of fused-ring (bicyclic) bond motifs is 1. The molecule has 0 saturated heterocycles. The van der Waals surface area contributed by atoms with Gasteiger partial charge in [-0.3, -0.25) is 9.59 Å². The van der Waals surface area contributed by atoms with Gasteiger partial charge in [0.1, 0.15) is 5.01 Å². The summed E-state index contributed by atoms with van der Waals surface area (Å²) in [5.74, 6) is -0.758.